The molecule has 1 aliphatic carbocycles. The van der Waals surface area contributed by atoms with Crippen LogP contribution in [-0.4, -0.2) is 24.3 Å². The molecule has 0 spiro atoms. The van der Waals surface area contributed by atoms with Crippen molar-refractivity contribution in [3.8, 4) is 0 Å². The summed E-state index contributed by atoms with van der Waals surface area (Å²) in [6.45, 7) is 10.9. The molecule has 0 amide bonds. The van der Waals surface area contributed by atoms with Crippen molar-refractivity contribution in [2.24, 2.45) is 17.3 Å². The fraction of sp³-hybridized carbons (Fsp3) is 1.00. The summed E-state index contributed by atoms with van der Waals surface area (Å²) < 4.78 is 0. The van der Waals surface area contributed by atoms with Crippen molar-refractivity contribution in [3.63, 3.8) is 0 Å². The smallest absolute Gasteiger partial charge is 0.0597 e. The van der Waals surface area contributed by atoms with Gasteiger partial charge in [0.15, 0.2) is 0 Å². The molecule has 1 aliphatic rings. The summed E-state index contributed by atoms with van der Waals surface area (Å²) in [4.78, 5) is 0. The number of hydrogen-bond donors (Lipinski definition) is 2. The molecule has 0 saturated heterocycles. The van der Waals surface area contributed by atoms with Gasteiger partial charge in [-0.25, -0.2) is 0 Å². The van der Waals surface area contributed by atoms with Gasteiger partial charge in [-0.05, 0) is 36.8 Å². The topological polar surface area (TPSA) is 32.3 Å². The lowest BCUT2D eigenvalue weighted by Crippen LogP contribution is -2.53. The number of nitrogens with one attached hydrogen (secondary N) is 1. The maximum atomic E-state index is 9.53. The Morgan fingerprint density at radius 2 is 2.08 bits per heavy atom. The molecule has 0 bridgehead atoms. The van der Waals surface area contributed by atoms with Crippen LogP contribution in [0.25, 0.3) is 0 Å². The van der Waals surface area contributed by atoms with Crippen LogP contribution in [0.15, 0.2) is 0 Å². The van der Waals surface area contributed by atoms with E-state index in [0.29, 0.717) is 11.8 Å². The quantitative estimate of drug-likeness (QED) is 0.698. The lowest BCUT2D eigenvalue weighted by molar-refractivity contribution is -0.0966. The van der Waals surface area contributed by atoms with Gasteiger partial charge in [-0.3, -0.25) is 0 Å². The van der Waals surface area contributed by atoms with E-state index in [1.54, 1.807) is 0 Å². The zero-order valence-electron chi connectivity index (χ0n) is 9.30. The summed E-state index contributed by atoms with van der Waals surface area (Å²) in [5, 5.41) is 13.0. The van der Waals surface area contributed by atoms with Gasteiger partial charge in [0.1, 0.15) is 0 Å². The van der Waals surface area contributed by atoms with Crippen LogP contribution in [0.2, 0.25) is 0 Å². The average molecular weight is 185 g/mol. The van der Waals surface area contributed by atoms with Crippen molar-refractivity contribution in [3.05, 3.63) is 0 Å². The molecule has 78 valence electrons. The highest BCUT2D eigenvalue weighted by Crippen LogP contribution is 2.45. The Morgan fingerprint density at radius 1 is 1.46 bits per heavy atom. The van der Waals surface area contributed by atoms with E-state index in [1.165, 1.54) is 0 Å². The first-order chi connectivity index (χ1) is 5.94. The molecule has 2 nitrogen and oxygen atoms in total. The van der Waals surface area contributed by atoms with Gasteiger partial charge in [0, 0.05) is 0 Å². The molecule has 2 atom stereocenters. The number of aliphatic hydroxyl groups is 1. The second-order valence-electron chi connectivity index (χ2n) is 5.32. The monoisotopic (exact) mass is 185 g/mol. The Hall–Kier alpha value is -0.0800. The molecule has 0 radical (unpaired) electrons. The molecule has 13 heavy (non-hydrogen) atoms. The Labute approximate surface area is 81.7 Å². The van der Waals surface area contributed by atoms with E-state index in [1.807, 2.05) is 0 Å². The minimum atomic E-state index is -0.0849. The third-order valence-corrected chi connectivity index (χ3v) is 3.36. The summed E-state index contributed by atoms with van der Waals surface area (Å²) in [5.74, 6) is 1.37. The van der Waals surface area contributed by atoms with Gasteiger partial charge < -0.3 is 10.4 Å². The maximum Gasteiger partial charge on any atom is 0.0597 e. The van der Waals surface area contributed by atoms with Crippen molar-refractivity contribution >= 4 is 0 Å². The normalized spacial score (nSPS) is 31.8. The van der Waals surface area contributed by atoms with Crippen molar-refractivity contribution in [2.45, 2.75) is 40.2 Å². The Morgan fingerprint density at radius 3 is 2.46 bits per heavy atom. The molecular weight excluding hydrogens is 162 g/mol. The van der Waals surface area contributed by atoms with Gasteiger partial charge in [0.05, 0.1) is 6.10 Å². The van der Waals surface area contributed by atoms with Crippen molar-refractivity contribution in [2.75, 3.05) is 13.1 Å². The van der Waals surface area contributed by atoms with Crippen molar-refractivity contribution in [1.82, 2.24) is 5.32 Å². The molecule has 2 unspecified atom stereocenters. The predicted molar refractivity (Wildman–Crippen MR) is 55.6 cm³/mol. The molecule has 1 saturated carbocycles. The van der Waals surface area contributed by atoms with E-state index in [0.717, 1.165) is 19.5 Å². The fourth-order valence-corrected chi connectivity index (χ4v) is 1.88. The molecule has 2 heteroatoms. The second kappa shape index (κ2) is 3.97. The van der Waals surface area contributed by atoms with Gasteiger partial charge in [0.25, 0.3) is 0 Å². The molecule has 0 aromatic rings. The van der Waals surface area contributed by atoms with Crippen LogP contribution in [0.1, 0.15) is 34.1 Å². The second-order valence-corrected chi connectivity index (χ2v) is 5.32. The average Bonchev–Trinajstić information content (AvgIpc) is 2.02. The zero-order valence-corrected chi connectivity index (χ0v) is 9.30. The van der Waals surface area contributed by atoms with Crippen LogP contribution in [0.4, 0.5) is 0 Å². The van der Waals surface area contributed by atoms with Gasteiger partial charge in [-0.1, -0.05) is 27.7 Å². The first-order valence-electron chi connectivity index (χ1n) is 5.33. The highest BCUT2D eigenvalue weighted by atomic mass is 16.3. The number of hydrogen-bond acceptors (Lipinski definition) is 2. The van der Waals surface area contributed by atoms with E-state index in [4.69, 9.17) is 0 Å². The Kier molecular flexibility index (Phi) is 3.36. The third-order valence-electron chi connectivity index (χ3n) is 3.36. The van der Waals surface area contributed by atoms with E-state index >= 15 is 0 Å². The van der Waals surface area contributed by atoms with Crippen LogP contribution >= 0.6 is 0 Å². The van der Waals surface area contributed by atoms with Crippen molar-refractivity contribution < 1.29 is 5.11 Å². The maximum absolute atomic E-state index is 9.53. The summed E-state index contributed by atoms with van der Waals surface area (Å²) in [7, 11) is 0. The molecule has 2 N–H and O–H groups in total. The van der Waals surface area contributed by atoms with Gasteiger partial charge >= 0.3 is 0 Å². The Bertz CT molecular complexity index is 165. The van der Waals surface area contributed by atoms with E-state index in [-0.39, 0.29) is 11.5 Å². The van der Waals surface area contributed by atoms with Crippen molar-refractivity contribution in [1.29, 1.82) is 0 Å². The standard InChI is InChI=1S/C11H23NO/c1-8(2)6-12-7-9-5-10(13)11(9,3)4/h8-10,12-13H,5-7H2,1-4H3. The highest BCUT2D eigenvalue weighted by Gasteiger charge is 2.46. The highest BCUT2D eigenvalue weighted by molar-refractivity contribution is 4.97. The van der Waals surface area contributed by atoms with E-state index in [9.17, 15) is 5.11 Å². The minimum absolute atomic E-state index is 0.0849. The third kappa shape index (κ3) is 2.44. The van der Waals surface area contributed by atoms with E-state index < -0.39 is 0 Å². The molecular formula is C11H23NO. The van der Waals surface area contributed by atoms with Gasteiger partial charge in [0.2, 0.25) is 0 Å². The van der Waals surface area contributed by atoms with Gasteiger partial charge in [-0.15, -0.1) is 0 Å². The van der Waals surface area contributed by atoms with Crippen LogP contribution in [0, 0.1) is 17.3 Å². The van der Waals surface area contributed by atoms with Crippen LogP contribution in [0.5, 0.6) is 0 Å². The molecule has 0 aromatic carbocycles. The molecule has 1 rings (SSSR count). The zero-order chi connectivity index (χ0) is 10.1. The summed E-state index contributed by atoms with van der Waals surface area (Å²) in [6.07, 6.45) is 0.885. The van der Waals surface area contributed by atoms with Crippen LogP contribution in [-0.2, 0) is 0 Å². The minimum Gasteiger partial charge on any atom is -0.393 e. The summed E-state index contributed by atoms with van der Waals surface area (Å²) >= 11 is 0. The fourth-order valence-electron chi connectivity index (χ4n) is 1.88. The number of rotatable bonds is 4. The summed E-state index contributed by atoms with van der Waals surface area (Å²) in [5.41, 5.74) is 0.129. The lowest BCUT2D eigenvalue weighted by Gasteiger charge is -2.49. The van der Waals surface area contributed by atoms with Crippen LogP contribution < -0.4 is 5.32 Å². The largest absolute Gasteiger partial charge is 0.393 e. The molecule has 0 aliphatic heterocycles. The predicted octanol–water partition coefficient (Wildman–Crippen LogP) is 1.64. The SMILES string of the molecule is CC(C)CNCC1CC(O)C1(C)C. The first-order valence-corrected chi connectivity index (χ1v) is 5.33. The Balaban J connectivity index is 2.17. The summed E-state index contributed by atoms with van der Waals surface area (Å²) in [6, 6.07) is 0. The molecule has 1 fully saturated rings. The van der Waals surface area contributed by atoms with Crippen LogP contribution in [0.3, 0.4) is 0 Å². The van der Waals surface area contributed by atoms with Gasteiger partial charge in [-0.2, -0.15) is 0 Å². The number of aliphatic hydroxyl groups excluding tert-OH is 1. The molecule has 0 heterocycles. The first kappa shape index (κ1) is 11.0. The lowest BCUT2D eigenvalue weighted by atomic mass is 9.60. The van der Waals surface area contributed by atoms with E-state index in [2.05, 4.69) is 33.0 Å². The molecule has 0 aromatic heterocycles.